The summed E-state index contributed by atoms with van der Waals surface area (Å²) >= 11 is 22.9. The minimum Gasteiger partial charge on any atom is -1.00 e. The Hall–Kier alpha value is -6.01. The first-order valence-electron chi connectivity index (χ1n) is 22.7. The zero-order valence-corrected chi connectivity index (χ0v) is 47.1. The zero-order chi connectivity index (χ0) is 53.9. The molecular formula is C49H54Cl5MgN9O12. The van der Waals surface area contributed by atoms with Crippen molar-refractivity contribution in [1.29, 1.82) is 5.41 Å². The minimum atomic E-state index is -1.07. The van der Waals surface area contributed by atoms with Crippen molar-refractivity contribution >= 4 is 87.2 Å². The molecule has 6 heterocycles. The van der Waals surface area contributed by atoms with Crippen molar-refractivity contribution in [2.45, 2.75) is 52.4 Å². The number of carboxylic acid groups (broad SMARTS) is 1. The predicted molar refractivity (Wildman–Crippen MR) is 276 cm³/mol. The van der Waals surface area contributed by atoms with Gasteiger partial charge in [-0.3, -0.25) is 19.6 Å². The Morgan fingerprint density at radius 1 is 0.658 bits per heavy atom. The van der Waals surface area contributed by atoms with E-state index in [9.17, 15) is 19.6 Å². The molecule has 3 fully saturated rings. The van der Waals surface area contributed by atoms with E-state index >= 15 is 0 Å². The Bertz CT molecular complexity index is 2940. The molecule has 404 valence electrons. The molecule has 21 nitrogen and oxygen atoms in total. The van der Waals surface area contributed by atoms with Gasteiger partial charge in [0.2, 0.25) is 0 Å². The number of halogens is 5. The summed E-state index contributed by atoms with van der Waals surface area (Å²) in [4.78, 5) is 54.9. The van der Waals surface area contributed by atoms with E-state index in [1.807, 2.05) is 20.3 Å². The predicted octanol–water partition coefficient (Wildman–Crippen LogP) is 5.67. The zero-order valence-electron chi connectivity index (χ0n) is 41.9. The summed E-state index contributed by atoms with van der Waals surface area (Å²) in [5, 5.41) is 34.5. The van der Waals surface area contributed by atoms with E-state index in [4.69, 9.17) is 90.5 Å². The van der Waals surface area contributed by atoms with Gasteiger partial charge in [-0.1, -0.05) is 46.4 Å². The van der Waals surface area contributed by atoms with Crippen LogP contribution >= 0.6 is 46.4 Å². The SMILES string of the molecule is COc1cnc(C(=O)N=c2c(Cl)cn(O)cc2Cl)cc1OCC1CC1.COc1cnc(C(=O)O)cc1OCC1CC1.COc1cnc(C(=O)n2ccnc2)cc1OCC1CC1.C[CH-]C.N=c1c(Cl)cn(O)cc1Cl.[Cl-].[Mg+2]. The fraction of sp³-hybridized carbons (Fsp3) is 0.347. The number of carbonyl (C=O) groups excluding carboxylic acids is 2. The number of aromatic carboxylic acids is 1. The topological polar surface area (TPSA) is 270 Å². The van der Waals surface area contributed by atoms with Crippen molar-refractivity contribution in [3.05, 3.63) is 135 Å². The van der Waals surface area contributed by atoms with Crippen LogP contribution in [0.1, 0.15) is 83.8 Å². The maximum atomic E-state index is 12.4. The summed E-state index contributed by atoms with van der Waals surface area (Å²) in [6.45, 7) is 5.83. The van der Waals surface area contributed by atoms with Crippen molar-refractivity contribution in [3.8, 4) is 34.5 Å². The number of carbonyl (C=O) groups is 3. The largest absolute Gasteiger partial charge is 2.00 e. The van der Waals surface area contributed by atoms with Gasteiger partial charge in [0.05, 0.1) is 110 Å². The number of aromatic nitrogens is 7. The third kappa shape index (κ3) is 20.5. The molecule has 6 aromatic rings. The molecule has 0 aliphatic heterocycles. The van der Waals surface area contributed by atoms with Gasteiger partial charge in [-0.05, 0) is 56.3 Å². The van der Waals surface area contributed by atoms with Crippen molar-refractivity contribution < 1.29 is 70.7 Å². The molecule has 3 saturated carbocycles. The van der Waals surface area contributed by atoms with Crippen LogP contribution in [0.4, 0.5) is 0 Å². The molecular weight excluding hydrogens is 1110 g/mol. The summed E-state index contributed by atoms with van der Waals surface area (Å²) < 4.78 is 35.2. The average Bonchev–Trinajstić information content (AvgIpc) is 4.30. The Morgan fingerprint density at radius 3 is 1.39 bits per heavy atom. The molecule has 27 heteroatoms. The molecule has 3 aliphatic rings. The van der Waals surface area contributed by atoms with Crippen LogP contribution in [-0.2, 0) is 0 Å². The monoisotopic (exact) mass is 1160 g/mol. The number of pyridine rings is 5. The number of carboxylic acids is 1. The first-order valence-corrected chi connectivity index (χ1v) is 24.2. The molecule has 0 bridgehead atoms. The molecule has 0 unspecified atom stereocenters. The average molecular weight is 1160 g/mol. The Balaban J connectivity index is 0.000000270. The molecule has 0 spiro atoms. The van der Waals surface area contributed by atoms with Crippen LogP contribution in [0.3, 0.4) is 0 Å². The van der Waals surface area contributed by atoms with Crippen molar-refractivity contribution in [1.82, 2.24) is 34.0 Å². The van der Waals surface area contributed by atoms with Crippen LogP contribution in [0.2, 0.25) is 20.1 Å². The summed E-state index contributed by atoms with van der Waals surface area (Å²) in [6.07, 6.45) is 22.6. The number of methoxy groups -OCH3 is 3. The third-order valence-electron chi connectivity index (χ3n) is 10.2. The molecule has 4 N–H and O–H groups in total. The molecule has 0 atom stereocenters. The summed E-state index contributed by atoms with van der Waals surface area (Å²) in [5.74, 6) is 2.69. The Kier molecular flexibility index (Phi) is 27.0. The summed E-state index contributed by atoms with van der Waals surface area (Å²) in [6, 6.07) is 4.48. The van der Waals surface area contributed by atoms with Crippen molar-refractivity contribution in [3.63, 3.8) is 0 Å². The molecule has 0 saturated heterocycles. The summed E-state index contributed by atoms with van der Waals surface area (Å²) in [5.41, 5.74) is 0.334. The number of imidazole rings is 1. The molecule has 76 heavy (non-hydrogen) atoms. The molecule has 1 amide bonds. The number of ether oxygens (including phenoxy) is 6. The van der Waals surface area contributed by atoms with Crippen LogP contribution < -0.4 is 51.5 Å². The van der Waals surface area contributed by atoms with E-state index in [-0.39, 0.29) is 83.6 Å². The van der Waals surface area contributed by atoms with E-state index in [1.165, 1.54) is 106 Å². The van der Waals surface area contributed by atoms with Crippen molar-refractivity contribution in [2.24, 2.45) is 22.7 Å². The number of nitrogens with zero attached hydrogens (tertiary/aromatic N) is 8. The van der Waals surface area contributed by atoms with E-state index in [0.717, 1.165) is 12.8 Å². The molecule has 9 rings (SSSR count). The fourth-order valence-electron chi connectivity index (χ4n) is 5.69. The number of hydrogen-bond donors (Lipinski definition) is 4. The van der Waals surface area contributed by atoms with Crippen LogP contribution in [-0.4, -0.2) is 131 Å². The van der Waals surface area contributed by atoms with Crippen LogP contribution in [0.25, 0.3) is 0 Å². The molecule has 0 aromatic carbocycles. The van der Waals surface area contributed by atoms with Gasteiger partial charge in [0.25, 0.3) is 11.8 Å². The van der Waals surface area contributed by atoms with Gasteiger partial charge in [-0.15, -0.1) is 0 Å². The standard InChI is InChI=1S/C16H15Cl2N3O4.C14H15N3O3.C11H13NO4.C5H4Cl2N2O.C3H7.ClH.Mg/c1-24-14-5-19-12(4-13(14)25-8-9-2-3-9)16(22)20-15-10(17)6-21(23)7-11(15)18;1-19-13-7-16-11(14(18)17-5-4-15-9-17)6-12(13)20-8-10-2-3-10;1-15-10-5-12-8(11(13)14)4-9(10)16-6-7-2-3-7;6-3-1-9(10)2-4(7)5(3)8;1-3-2;;/h4-7,9,23H,2-3,8H2,1H3;4-7,9-10H,2-3,8H2,1H3;4-5,7H,2-3,6H2,1H3,(H,13,14);1-2,8,10H;3H,1-2H3;1H;/q;;;;-1;;+2/p-1. The van der Waals surface area contributed by atoms with Gasteiger partial charge in [-0.2, -0.15) is 23.3 Å². The van der Waals surface area contributed by atoms with E-state index in [1.54, 1.807) is 25.6 Å². The van der Waals surface area contributed by atoms with Crippen LogP contribution in [0.5, 0.6) is 34.5 Å². The molecule has 6 aromatic heterocycles. The quantitative estimate of drug-likeness (QED) is 0.0548. The molecule has 3 aliphatic carbocycles. The van der Waals surface area contributed by atoms with Crippen LogP contribution in [0, 0.1) is 29.6 Å². The second-order valence-corrected chi connectivity index (χ2v) is 18.0. The fourth-order valence-corrected chi connectivity index (χ4v) is 6.68. The van der Waals surface area contributed by atoms with Gasteiger partial charge >= 0.3 is 29.0 Å². The van der Waals surface area contributed by atoms with Gasteiger partial charge in [-0.25, -0.2) is 29.7 Å². The normalized spacial score (nSPS) is 12.7. The second kappa shape index (κ2) is 31.9. The number of hydrogen-bond acceptors (Lipinski definition) is 16. The first kappa shape index (κ1) is 64.3. The minimum absolute atomic E-state index is 0. The molecule has 0 radical (unpaired) electrons. The van der Waals surface area contributed by atoms with Gasteiger partial charge in [0.15, 0.2) is 40.2 Å². The van der Waals surface area contributed by atoms with Crippen LogP contribution in [0.15, 0.2) is 85.3 Å². The van der Waals surface area contributed by atoms with Crippen molar-refractivity contribution in [2.75, 3.05) is 41.2 Å². The third-order valence-corrected chi connectivity index (χ3v) is 11.3. The van der Waals surface area contributed by atoms with E-state index in [0.29, 0.717) is 87.2 Å². The maximum Gasteiger partial charge on any atom is 2.00 e. The number of amides is 1. The first-order chi connectivity index (χ1) is 35.5. The Morgan fingerprint density at radius 2 is 1.03 bits per heavy atom. The van der Waals surface area contributed by atoms with E-state index < -0.39 is 11.9 Å². The smallest absolute Gasteiger partial charge is 1.00 e. The van der Waals surface area contributed by atoms with Gasteiger partial charge < -0.3 is 62.8 Å². The Labute approximate surface area is 479 Å². The second-order valence-electron chi connectivity index (χ2n) is 16.4. The maximum absolute atomic E-state index is 12.4. The summed E-state index contributed by atoms with van der Waals surface area (Å²) in [7, 11) is 4.56. The van der Waals surface area contributed by atoms with Gasteiger partial charge in [0, 0.05) is 30.6 Å². The number of rotatable bonds is 15. The van der Waals surface area contributed by atoms with E-state index in [2.05, 4.69) is 24.9 Å². The number of nitrogens with one attached hydrogen (secondary N) is 1. The van der Waals surface area contributed by atoms with Gasteiger partial charge in [0.1, 0.15) is 23.1 Å².